The number of unbranched alkanes of at least 4 members (excludes halogenated alkanes) is 3. The molecule has 0 radical (unpaired) electrons. The fourth-order valence-corrected chi connectivity index (χ4v) is 3.76. The zero-order chi connectivity index (χ0) is 21.2. The zero-order valence-corrected chi connectivity index (χ0v) is 17.6. The Labute approximate surface area is 180 Å². The summed E-state index contributed by atoms with van der Waals surface area (Å²) in [6.45, 7) is 0.617. The predicted molar refractivity (Wildman–Crippen MR) is 122 cm³/mol. The van der Waals surface area contributed by atoms with E-state index in [0.717, 1.165) is 36.1 Å². The number of amides is 2. The van der Waals surface area contributed by atoms with Crippen LogP contribution in [0.1, 0.15) is 42.5 Å². The summed E-state index contributed by atoms with van der Waals surface area (Å²) in [4.78, 5) is 29.3. The number of pyridine rings is 1. The molecule has 0 fully saturated rings. The highest BCUT2D eigenvalue weighted by Gasteiger charge is 2.08. The van der Waals surface area contributed by atoms with Gasteiger partial charge in [0.1, 0.15) is 0 Å². The lowest BCUT2D eigenvalue weighted by molar-refractivity contribution is -0.116. The normalized spacial score (nSPS) is 10.5. The first-order valence-electron chi connectivity index (χ1n) is 10.0. The molecule has 30 heavy (non-hydrogen) atoms. The van der Waals surface area contributed by atoms with E-state index in [1.165, 1.54) is 0 Å². The Bertz CT molecular complexity index is 959. The van der Waals surface area contributed by atoms with E-state index in [2.05, 4.69) is 15.6 Å². The van der Waals surface area contributed by atoms with Crippen LogP contribution in [0.25, 0.3) is 10.4 Å². The van der Waals surface area contributed by atoms with E-state index in [9.17, 15) is 9.59 Å². The first-order chi connectivity index (χ1) is 14.6. The van der Waals surface area contributed by atoms with E-state index >= 15 is 0 Å². The van der Waals surface area contributed by atoms with Crippen molar-refractivity contribution in [2.45, 2.75) is 32.1 Å². The molecule has 4 N–H and O–H groups in total. The van der Waals surface area contributed by atoms with Crippen molar-refractivity contribution in [2.24, 2.45) is 0 Å². The highest BCUT2D eigenvalue weighted by Crippen LogP contribution is 2.30. The van der Waals surface area contributed by atoms with Crippen molar-refractivity contribution in [2.75, 3.05) is 17.6 Å². The van der Waals surface area contributed by atoms with Gasteiger partial charge in [0.25, 0.3) is 5.91 Å². The van der Waals surface area contributed by atoms with Crippen molar-refractivity contribution < 1.29 is 9.59 Å². The fourth-order valence-electron chi connectivity index (χ4n) is 3.04. The number of benzene rings is 1. The lowest BCUT2D eigenvalue weighted by atomic mass is 10.1. The minimum Gasteiger partial charge on any atom is -0.397 e. The summed E-state index contributed by atoms with van der Waals surface area (Å²) < 4.78 is 0. The molecule has 0 bridgehead atoms. The molecule has 0 spiro atoms. The second kappa shape index (κ2) is 11.1. The maximum absolute atomic E-state index is 12.3. The van der Waals surface area contributed by atoms with Crippen molar-refractivity contribution in [3.63, 3.8) is 0 Å². The number of anilines is 2. The van der Waals surface area contributed by atoms with E-state index < -0.39 is 0 Å². The number of nitrogens with one attached hydrogen (secondary N) is 2. The van der Waals surface area contributed by atoms with Crippen LogP contribution >= 0.6 is 11.3 Å². The van der Waals surface area contributed by atoms with Gasteiger partial charge in [-0.25, -0.2) is 0 Å². The first kappa shape index (κ1) is 21.5. The lowest BCUT2D eigenvalue weighted by Gasteiger charge is -2.10. The maximum atomic E-state index is 12.3. The van der Waals surface area contributed by atoms with Crippen molar-refractivity contribution in [1.29, 1.82) is 0 Å². The summed E-state index contributed by atoms with van der Waals surface area (Å²) >= 11 is 1.65. The van der Waals surface area contributed by atoms with Gasteiger partial charge in [-0.2, -0.15) is 0 Å². The lowest BCUT2D eigenvalue weighted by Crippen LogP contribution is -2.24. The van der Waals surface area contributed by atoms with Gasteiger partial charge in [0.2, 0.25) is 5.91 Å². The van der Waals surface area contributed by atoms with Gasteiger partial charge in [0.05, 0.1) is 16.9 Å². The van der Waals surface area contributed by atoms with Gasteiger partial charge in [0, 0.05) is 30.2 Å². The fraction of sp³-hybridized carbons (Fsp3) is 0.261. The minimum absolute atomic E-state index is 0.0325. The second-order valence-corrected chi connectivity index (χ2v) is 7.94. The van der Waals surface area contributed by atoms with Crippen LogP contribution in [0.15, 0.2) is 60.2 Å². The molecule has 0 aliphatic carbocycles. The Morgan fingerprint density at radius 3 is 2.67 bits per heavy atom. The van der Waals surface area contributed by atoms with E-state index in [0.29, 0.717) is 29.9 Å². The number of carbonyl (C=O) groups excluding carboxylic acids is 2. The summed E-state index contributed by atoms with van der Waals surface area (Å²) in [6, 6.07) is 13.2. The number of thiophene rings is 1. The third-order valence-corrected chi connectivity index (χ3v) is 5.59. The van der Waals surface area contributed by atoms with Gasteiger partial charge in [-0.05, 0) is 54.1 Å². The average Bonchev–Trinajstić information content (AvgIpc) is 3.30. The number of nitrogen functional groups attached to an aromatic ring is 1. The molecule has 7 heteroatoms. The summed E-state index contributed by atoms with van der Waals surface area (Å²) in [7, 11) is 0. The first-order valence-corrected chi connectivity index (χ1v) is 10.9. The molecule has 0 aliphatic rings. The Morgan fingerprint density at radius 2 is 1.90 bits per heavy atom. The molecule has 0 atom stereocenters. The number of aromatic nitrogens is 1. The van der Waals surface area contributed by atoms with E-state index in [-0.39, 0.29) is 11.8 Å². The molecule has 0 saturated heterocycles. The topological polar surface area (TPSA) is 97.1 Å². The SMILES string of the molecule is Nc1ccc(-c2cccs2)cc1NC(=O)CCCCCCNC(=O)c1cccnc1. The number of hydrogen-bond donors (Lipinski definition) is 3. The minimum atomic E-state index is -0.107. The van der Waals surface area contributed by atoms with E-state index in [4.69, 9.17) is 5.73 Å². The molecule has 2 heterocycles. The van der Waals surface area contributed by atoms with Gasteiger partial charge in [-0.3, -0.25) is 14.6 Å². The van der Waals surface area contributed by atoms with Crippen molar-refractivity contribution in [3.8, 4) is 10.4 Å². The van der Waals surface area contributed by atoms with Gasteiger partial charge >= 0.3 is 0 Å². The van der Waals surface area contributed by atoms with Crippen molar-refractivity contribution in [1.82, 2.24) is 10.3 Å². The highest BCUT2D eigenvalue weighted by molar-refractivity contribution is 7.13. The Hall–Kier alpha value is -3.19. The van der Waals surface area contributed by atoms with E-state index in [1.807, 2.05) is 35.7 Å². The van der Waals surface area contributed by atoms with Crippen molar-refractivity contribution >= 4 is 34.5 Å². The second-order valence-electron chi connectivity index (χ2n) is 6.99. The molecule has 0 saturated carbocycles. The van der Waals surface area contributed by atoms with Gasteiger partial charge in [-0.1, -0.05) is 25.0 Å². The van der Waals surface area contributed by atoms with E-state index in [1.54, 1.807) is 35.9 Å². The molecular weight excluding hydrogens is 396 g/mol. The van der Waals surface area contributed by atoms with Crippen LogP contribution < -0.4 is 16.4 Å². The zero-order valence-electron chi connectivity index (χ0n) is 16.8. The van der Waals surface area contributed by atoms with Gasteiger partial charge in [-0.15, -0.1) is 11.3 Å². The molecular formula is C23H26N4O2S. The van der Waals surface area contributed by atoms with Crippen LogP contribution in [0.5, 0.6) is 0 Å². The summed E-state index contributed by atoms with van der Waals surface area (Å²) in [5.74, 6) is -0.139. The molecule has 0 aliphatic heterocycles. The summed E-state index contributed by atoms with van der Waals surface area (Å²) in [5, 5.41) is 7.83. The predicted octanol–water partition coefficient (Wildman–Crippen LogP) is 4.71. The van der Waals surface area contributed by atoms with Gasteiger partial charge in [0.15, 0.2) is 0 Å². The number of rotatable bonds is 10. The third-order valence-electron chi connectivity index (χ3n) is 4.67. The van der Waals surface area contributed by atoms with Crippen LogP contribution in [-0.2, 0) is 4.79 Å². The Kier molecular flexibility index (Phi) is 7.97. The van der Waals surface area contributed by atoms with Crippen LogP contribution in [-0.4, -0.2) is 23.3 Å². The molecule has 2 aromatic heterocycles. The Balaban J connectivity index is 1.33. The highest BCUT2D eigenvalue weighted by atomic mass is 32.1. The monoisotopic (exact) mass is 422 g/mol. The number of nitrogens with zero attached hydrogens (tertiary/aromatic N) is 1. The standard InChI is InChI=1S/C23H26N4O2S/c24-19-11-10-17(21-8-6-14-30-21)15-20(19)27-22(28)9-3-1-2-4-13-26-23(29)18-7-5-12-25-16-18/h5-8,10-12,14-16H,1-4,9,13,24H2,(H,26,29)(H,27,28). The summed E-state index contributed by atoms with van der Waals surface area (Å²) in [5.41, 5.74) is 8.85. The summed E-state index contributed by atoms with van der Waals surface area (Å²) in [6.07, 6.45) is 7.21. The molecule has 156 valence electrons. The number of nitrogens with two attached hydrogens (primary N) is 1. The molecule has 1 aromatic carbocycles. The molecule has 2 amide bonds. The molecule has 3 rings (SSSR count). The maximum Gasteiger partial charge on any atom is 0.252 e. The average molecular weight is 423 g/mol. The smallest absolute Gasteiger partial charge is 0.252 e. The van der Waals surface area contributed by atoms with Gasteiger partial charge < -0.3 is 16.4 Å². The van der Waals surface area contributed by atoms with Crippen LogP contribution in [0.3, 0.4) is 0 Å². The molecule has 6 nitrogen and oxygen atoms in total. The third kappa shape index (κ3) is 6.42. The van der Waals surface area contributed by atoms with Crippen molar-refractivity contribution in [3.05, 3.63) is 65.8 Å². The van der Waals surface area contributed by atoms with Crippen LogP contribution in [0.4, 0.5) is 11.4 Å². The quantitative estimate of drug-likeness (QED) is 0.325. The Morgan fingerprint density at radius 1 is 1.03 bits per heavy atom. The molecule has 3 aromatic rings. The van der Waals surface area contributed by atoms with Crippen LogP contribution in [0.2, 0.25) is 0 Å². The number of carbonyl (C=O) groups is 2. The molecule has 0 unspecified atom stereocenters. The number of hydrogen-bond acceptors (Lipinski definition) is 5. The van der Waals surface area contributed by atoms with Crippen LogP contribution in [0, 0.1) is 0 Å². The largest absolute Gasteiger partial charge is 0.397 e.